The molecule has 1 unspecified atom stereocenters. The summed E-state index contributed by atoms with van der Waals surface area (Å²) in [5.74, 6) is 0. The van der Waals surface area contributed by atoms with E-state index in [1.165, 1.54) is 30.9 Å². The van der Waals surface area contributed by atoms with Crippen LogP contribution in [0.4, 0.5) is 0 Å². The van der Waals surface area contributed by atoms with Crippen LogP contribution in [0.15, 0.2) is 53.8 Å². The number of allylic oxidation sites excluding steroid dienone is 3. The van der Waals surface area contributed by atoms with E-state index in [9.17, 15) is 0 Å². The summed E-state index contributed by atoms with van der Waals surface area (Å²) in [7, 11) is -1.20. The van der Waals surface area contributed by atoms with E-state index in [4.69, 9.17) is 0 Å². The van der Waals surface area contributed by atoms with E-state index in [1.54, 1.807) is 11.3 Å². The molecule has 0 radical (unpaired) electrons. The third-order valence-electron chi connectivity index (χ3n) is 4.73. The highest BCUT2D eigenvalue weighted by Crippen LogP contribution is 2.32. The smallest absolute Gasteiger partial charge is 0.169 e. The van der Waals surface area contributed by atoms with Crippen molar-refractivity contribution >= 4 is 14.1 Å². The second-order valence-electron chi connectivity index (χ2n) is 7.66. The van der Waals surface area contributed by atoms with Crippen LogP contribution in [0.1, 0.15) is 59.8 Å². The molecule has 1 aliphatic rings. The number of benzene rings is 1. The van der Waals surface area contributed by atoms with Crippen molar-refractivity contribution < 1.29 is 0 Å². The van der Waals surface area contributed by atoms with Gasteiger partial charge in [-0.05, 0) is 44.4 Å². The molecule has 1 aliphatic carbocycles. The lowest BCUT2D eigenvalue weighted by Gasteiger charge is -2.44. The van der Waals surface area contributed by atoms with Gasteiger partial charge in [0.25, 0.3) is 0 Å². The molecule has 0 amide bonds. The maximum Gasteiger partial charge on any atom is 0.169 e. The Labute approximate surface area is 144 Å². The number of rotatable bonds is 7. The summed E-state index contributed by atoms with van der Waals surface area (Å²) < 4.78 is 2.78. The van der Waals surface area contributed by atoms with Crippen LogP contribution in [0.5, 0.6) is 0 Å². The summed E-state index contributed by atoms with van der Waals surface area (Å²) in [5, 5.41) is 1.54. The van der Waals surface area contributed by atoms with E-state index in [0.29, 0.717) is 0 Å². The van der Waals surface area contributed by atoms with E-state index in [2.05, 4.69) is 81.3 Å². The zero-order chi connectivity index (χ0) is 16.9. The number of hydrogen-bond donors (Lipinski definition) is 0. The fraction of sp³-hybridized carbons (Fsp3) is 0.524. The second-order valence-corrected chi connectivity index (χ2v) is 10.2. The molecule has 1 aromatic carbocycles. The van der Waals surface area contributed by atoms with Crippen LogP contribution in [0.25, 0.3) is 0 Å². The Morgan fingerprint density at radius 2 is 1.78 bits per heavy atom. The maximum absolute atomic E-state index is 2.78. The monoisotopic (exact) mass is 327 g/mol. The molecule has 0 saturated heterocycles. The van der Waals surface area contributed by atoms with Crippen molar-refractivity contribution in [2.24, 2.45) is 0 Å². The summed E-state index contributed by atoms with van der Waals surface area (Å²) >= 11 is 0. The minimum atomic E-state index is -1.20. The van der Waals surface area contributed by atoms with Gasteiger partial charge in [0.2, 0.25) is 0 Å². The van der Waals surface area contributed by atoms with Crippen molar-refractivity contribution in [1.29, 1.82) is 0 Å². The zero-order valence-electron chi connectivity index (χ0n) is 15.6. The molecule has 126 valence electrons. The van der Waals surface area contributed by atoms with Gasteiger partial charge in [0, 0.05) is 17.7 Å². The highest BCUT2D eigenvalue weighted by Gasteiger charge is 2.31. The first-order chi connectivity index (χ1) is 10.9. The van der Waals surface area contributed by atoms with Crippen LogP contribution < -0.4 is 5.19 Å². The van der Waals surface area contributed by atoms with Crippen LogP contribution >= 0.6 is 0 Å². The summed E-state index contributed by atoms with van der Waals surface area (Å²) in [5.41, 5.74) is 3.36. The Bertz CT molecular complexity index is 551. The average molecular weight is 328 g/mol. The molecule has 0 N–H and O–H groups in total. The molecule has 0 aliphatic heterocycles. The molecule has 0 heterocycles. The standard InChI is InChI=1S/C21H33NSi/c1-6-7-9-13-18-14-12-17-20(18)22(21(2,3)4)23(5)19-15-10-8-11-16-19/h8,10-12,14-16,23H,6-7,9,13,17H2,1-5H3. The SMILES string of the molecule is CCCCCC1=C(N([SiH](C)c2ccccc2)C(C)(C)C)CC=C1. The third-order valence-corrected chi connectivity index (χ3v) is 7.94. The van der Waals surface area contributed by atoms with Crippen LogP contribution in [0.2, 0.25) is 6.55 Å². The summed E-state index contributed by atoms with van der Waals surface area (Å²) in [6.45, 7) is 11.9. The highest BCUT2D eigenvalue weighted by atomic mass is 28.3. The molecule has 1 aromatic rings. The highest BCUT2D eigenvalue weighted by molar-refractivity contribution is 6.70. The predicted octanol–water partition coefficient (Wildman–Crippen LogP) is 5.14. The van der Waals surface area contributed by atoms with Gasteiger partial charge in [0.1, 0.15) is 0 Å². The molecule has 2 rings (SSSR count). The summed E-state index contributed by atoms with van der Waals surface area (Å²) in [6, 6.07) is 11.1. The first kappa shape index (κ1) is 18.1. The van der Waals surface area contributed by atoms with Crippen molar-refractivity contribution in [3.05, 3.63) is 53.8 Å². The molecule has 2 heteroatoms. The molecular formula is C21H33NSi. The van der Waals surface area contributed by atoms with Gasteiger partial charge in [0.05, 0.1) is 0 Å². The van der Waals surface area contributed by atoms with E-state index < -0.39 is 8.96 Å². The van der Waals surface area contributed by atoms with Gasteiger partial charge in [-0.1, -0.05) is 68.8 Å². The Balaban J connectivity index is 2.30. The third kappa shape index (κ3) is 4.60. The zero-order valence-corrected chi connectivity index (χ0v) is 16.8. The van der Waals surface area contributed by atoms with E-state index in [0.717, 1.165) is 6.42 Å². The van der Waals surface area contributed by atoms with Crippen LogP contribution in [-0.4, -0.2) is 19.1 Å². The molecule has 0 aromatic heterocycles. The fourth-order valence-corrected chi connectivity index (χ4v) is 6.66. The topological polar surface area (TPSA) is 3.24 Å². The lowest BCUT2D eigenvalue weighted by Crippen LogP contribution is -2.54. The Hall–Kier alpha value is -1.28. The minimum Gasteiger partial charge on any atom is -0.394 e. The van der Waals surface area contributed by atoms with Gasteiger partial charge in [-0.15, -0.1) is 0 Å². The van der Waals surface area contributed by atoms with Crippen LogP contribution in [0, 0.1) is 0 Å². The van der Waals surface area contributed by atoms with Crippen molar-refractivity contribution in [2.45, 2.75) is 71.9 Å². The molecule has 23 heavy (non-hydrogen) atoms. The minimum absolute atomic E-state index is 0.179. The Morgan fingerprint density at radius 3 is 2.39 bits per heavy atom. The quantitative estimate of drug-likeness (QED) is 0.495. The van der Waals surface area contributed by atoms with Gasteiger partial charge in [-0.3, -0.25) is 0 Å². The number of nitrogens with zero attached hydrogens (tertiary/aromatic N) is 1. The first-order valence-corrected chi connectivity index (χ1v) is 11.4. The van der Waals surface area contributed by atoms with Gasteiger partial charge in [-0.2, -0.15) is 0 Å². The largest absolute Gasteiger partial charge is 0.394 e. The number of unbranched alkanes of at least 4 members (excludes halogenated alkanes) is 2. The molecule has 1 nitrogen and oxygen atoms in total. The van der Waals surface area contributed by atoms with Gasteiger partial charge >= 0.3 is 0 Å². The Kier molecular flexibility index (Phi) is 6.29. The predicted molar refractivity (Wildman–Crippen MR) is 106 cm³/mol. The van der Waals surface area contributed by atoms with E-state index in [1.807, 2.05) is 0 Å². The molecule has 0 bridgehead atoms. The van der Waals surface area contributed by atoms with Crippen LogP contribution in [0.3, 0.4) is 0 Å². The normalized spacial score (nSPS) is 16.0. The summed E-state index contributed by atoms with van der Waals surface area (Å²) in [4.78, 5) is 0. The lowest BCUT2D eigenvalue weighted by molar-refractivity contribution is 0.298. The molecule has 0 fully saturated rings. The molecule has 1 atom stereocenters. The first-order valence-electron chi connectivity index (χ1n) is 9.18. The molecular weight excluding hydrogens is 294 g/mol. The summed E-state index contributed by atoms with van der Waals surface area (Å²) in [6.07, 6.45) is 11.1. The Morgan fingerprint density at radius 1 is 1.09 bits per heavy atom. The van der Waals surface area contributed by atoms with Crippen molar-refractivity contribution in [3.8, 4) is 0 Å². The van der Waals surface area contributed by atoms with Gasteiger partial charge in [0.15, 0.2) is 8.96 Å². The van der Waals surface area contributed by atoms with E-state index in [-0.39, 0.29) is 5.54 Å². The number of hydrogen-bond acceptors (Lipinski definition) is 1. The van der Waals surface area contributed by atoms with Crippen molar-refractivity contribution in [1.82, 2.24) is 4.57 Å². The van der Waals surface area contributed by atoms with Crippen molar-refractivity contribution in [3.63, 3.8) is 0 Å². The molecule has 0 spiro atoms. The lowest BCUT2D eigenvalue weighted by atomic mass is 10.0. The van der Waals surface area contributed by atoms with Crippen LogP contribution in [-0.2, 0) is 0 Å². The fourth-order valence-electron chi connectivity index (χ4n) is 3.69. The molecule has 0 saturated carbocycles. The van der Waals surface area contributed by atoms with E-state index >= 15 is 0 Å². The van der Waals surface area contributed by atoms with Gasteiger partial charge in [-0.25, -0.2) is 0 Å². The average Bonchev–Trinajstić information content (AvgIpc) is 2.95. The maximum atomic E-state index is 2.78. The second kappa shape index (κ2) is 8.01. The van der Waals surface area contributed by atoms with Gasteiger partial charge < -0.3 is 4.57 Å². The van der Waals surface area contributed by atoms with Crippen molar-refractivity contribution in [2.75, 3.05) is 0 Å².